The van der Waals surface area contributed by atoms with Gasteiger partial charge in [0, 0.05) is 12.7 Å². The van der Waals surface area contributed by atoms with Gasteiger partial charge in [-0.15, -0.1) is 5.10 Å². The second-order valence-electron chi connectivity index (χ2n) is 3.08. The molecule has 18 heavy (non-hydrogen) atoms. The molecule has 0 saturated carbocycles. The third-order valence-electron chi connectivity index (χ3n) is 1.83. The van der Waals surface area contributed by atoms with E-state index in [1.807, 2.05) is 46.2 Å². The Morgan fingerprint density at radius 1 is 0.944 bits per heavy atom. The molecule has 0 aliphatic heterocycles. The van der Waals surface area contributed by atoms with Gasteiger partial charge in [-0.3, -0.25) is 4.68 Å². The van der Waals surface area contributed by atoms with Gasteiger partial charge in [0.25, 0.3) is 0 Å². The van der Waals surface area contributed by atoms with Gasteiger partial charge in [0.2, 0.25) is 0 Å². The lowest BCUT2D eigenvalue weighted by atomic mass is 10.3. The van der Waals surface area contributed by atoms with Crippen LogP contribution in [0.5, 0.6) is 0 Å². The summed E-state index contributed by atoms with van der Waals surface area (Å²) in [5.74, 6) is 0. The Labute approximate surface area is 115 Å². The first-order valence-electron chi connectivity index (χ1n) is 7.75. The quantitative estimate of drug-likeness (QED) is 0.734. The van der Waals surface area contributed by atoms with E-state index in [0.29, 0.717) is 0 Å². The first-order valence-corrected chi connectivity index (χ1v) is 7.75. The number of aryl methyl sites for hydroxylation is 2. The molecule has 0 N–H and O–H groups in total. The van der Waals surface area contributed by atoms with Crippen molar-refractivity contribution in [1.29, 1.82) is 0 Å². The summed E-state index contributed by atoms with van der Waals surface area (Å²) in [5.41, 5.74) is 1.12. The summed E-state index contributed by atoms with van der Waals surface area (Å²) in [6.45, 7) is 17.3. The molecular weight excluding hydrogens is 222 g/mol. The highest BCUT2D eigenvalue weighted by Gasteiger charge is 1.97. The van der Waals surface area contributed by atoms with Crippen molar-refractivity contribution in [3.8, 4) is 0 Å². The third-order valence-corrected chi connectivity index (χ3v) is 1.83. The number of nitrogens with zero attached hydrogens (tertiary/aromatic N) is 3. The van der Waals surface area contributed by atoms with Crippen LogP contribution in [0.15, 0.2) is 6.20 Å². The minimum atomic E-state index is 1.01. The molecule has 0 atom stereocenters. The molecule has 0 radical (unpaired) electrons. The third kappa shape index (κ3) is 13.2. The molecule has 1 heterocycles. The van der Waals surface area contributed by atoms with Crippen molar-refractivity contribution < 1.29 is 0 Å². The molecule has 0 aliphatic rings. The predicted octanol–water partition coefficient (Wildman–Crippen LogP) is 5.11. The van der Waals surface area contributed by atoms with Crippen LogP contribution in [-0.4, -0.2) is 15.0 Å². The lowest BCUT2D eigenvalue weighted by Crippen LogP contribution is -1.97. The first kappa shape index (κ1) is 22.3. The van der Waals surface area contributed by atoms with E-state index in [-0.39, 0.29) is 0 Å². The van der Waals surface area contributed by atoms with Crippen LogP contribution in [0, 0.1) is 0 Å². The molecule has 110 valence electrons. The predicted molar refractivity (Wildman–Crippen MR) is 83.0 cm³/mol. The van der Waals surface area contributed by atoms with Crippen LogP contribution in [0.2, 0.25) is 0 Å². The van der Waals surface area contributed by atoms with E-state index in [1.54, 1.807) is 0 Å². The highest BCUT2D eigenvalue weighted by Crippen LogP contribution is 1.99. The van der Waals surface area contributed by atoms with Crippen LogP contribution in [-0.2, 0) is 13.0 Å². The standard InChI is InChI=1S/C9H17N3.3C2H6/c1-3-5-7-12-8-9(6-4-2)10-11-12;3*1-2/h8H,3-7H2,1-2H3;3*1-2H3. The van der Waals surface area contributed by atoms with Crippen molar-refractivity contribution in [3.05, 3.63) is 11.9 Å². The monoisotopic (exact) mass is 257 g/mol. The molecular formula is C15H35N3. The molecule has 1 aromatic rings. The van der Waals surface area contributed by atoms with Crippen molar-refractivity contribution in [2.24, 2.45) is 0 Å². The van der Waals surface area contributed by atoms with E-state index in [4.69, 9.17) is 0 Å². The summed E-state index contributed by atoms with van der Waals surface area (Å²) in [6.07, 6.45) is 6.65. The highest BCUT2D eigenvalue weighted by atomic mass is 15.4. The fraction of sp³-hybridized carbons (Fsp3) is 0.867. The molecule has 1 aromatic heterocycles. The summed E-state index contributed by atoms with van der Waals surface area (Å²) in [6, 6.07) is 0. The summed E-state index contributed by atoms with van der Waals surface area (Å²) in [7, 11) is 0. The zero-order valence-corrected chi connectivity index (χ0v) is 14.0. The molecule has 0 aromatic carbocycles. The van der Waals surface area contributed by atoms with Crippen LogP contribution < -0.4 is 0 Å². The normalized spacial score (nSPS) is 8.00. The molecule has 3 nitrogen and oxygen atoms in total. The fourth-order valence-corrected chi connectivity index (χ4v) is 1.14. The lowest BCUT2D eigenvalue weighted by Gasteiger charge is -1.95. The summed E-state index contributed by atoms with van der Waals surface area (Å²) < 4.78 is 1.94. The van der Waals surface area contributed by atoms with E-state index in [2.05, 4.69) is 30.4 Å². The van der Waals surface area contributed by atoms with Gasteiger partial charge in [0.05, 0.1) is 5.69 Å². The van der Waals surface area contributed by atoms with Crippen molar-refractivity contribution in [2.75, 3.05) is 0 Å². The maximum atomic E-state index is 4.07. The molecule has 0 unspecified atom stereocenters. The average Bonchev–Trinajstić information content (AvgIpc) is 2.91. The molecule has 0 saturated heterocycles. The van der Waals surface area contributed by atoms with Gasteiger partial charge in [-0.2, -0.15) is 0 Å². The summed E-state index contributed by atoms with van der Waals surface area (Å²) in [5, 5.41) is 8.11. The molecule has 0 amide bonds. The maximum absolute atomic E-state index is 4.07. The Hall–Kier alpha value is -0.860. The van der Waals surface area contributed by atoms with E-state index in [0.717, 1.165) is 25.1 Å². The Kier molecular flexibility index (Phi) is 26.6. The van der Waals surface area contributed by atoms with Gasteiger partial charge < -0.3 is 0 Å². The molecule has 0 spiro atoms. The molecule has 1 rings (SSSR count). The lowest BCUT2D eigenvalue weighted by molar-refractivity contribution is 0.553. The van der Waals surface area contributed by atoms with Gasteiger partial charge in [0.15, 0.2) is 0 Å². The van der Waals surface area contributed by atoms with E-state index in [9.17, 15) is 0 Å². The molecule has 0 fully saturated rings. The first-order chi connectivity index (χ1) is 8.86. The van der Waals surface area contributed by atoms with Gasteiger partial charge >= 0.3 is 0 Å². The Morgan fingerprint density at radius 2 is 1.50 bits per heavy atom. The van der Waals surface area contributed by atoms with Crippen molar-refractivity contribution in [2.45, 2.75) is 87.6 Å². The number of hydrogen-bond acceptors (Lipinski definition) is 2. The molecule has 3 heteroatoms. The zero-order chi connectivity index (χ0) is 14.8. The number of rotatable bonds is 5. The highest BCUT2D eigenvalue weighted by molar-refractivity contribution is 4.91. The SMILES string of the molecule is CC.CC.CC.CCCCn1cc(CCC)nn1. The summed E-state index contributed by atoms with van der Waals surface area (Å²) >= 11 is 0. The van der Waals surface area contributed by atoms with E-state index < -0.39 is 0 Å². The Balaban J connectivity index is -0.000000328. The minimum Gasteiger partial charge on any atom is -0.252 e. The number of aromatic nitrogens is 3. The van der Waals surface area contributed by atoms with Crippen molar-refractivity contribution in [1.82, 2.24) is 15.0 Å². The van der Waals surface area contributed by atoms with E-state index in [1.165, 1.54) is 12.8 Å². The van der Waals surface area contributed by atoms with Gasteiger partial charge in [-0.05, 0) is 12.8 Å². The second kappa shape index (κ2) is 21.4. The van der Waals surface area contributed by atoms with Gasteiger partial charge in [0.1, 0.15) is 0 Å². The van der Waals surface area contributed by atoms with Crippen LogP contribution >= 0.6 is 0 Å². The number of unbranched alkanes of at least 4 members (excludes halogenated alkanes) is 1. The smallest absolute Gasteiger partial charge is 0.0827 e. The summed E-state index contributed by atoms with van der Waals surface area (Å²) in [4.78, 5) is 0. The fourth-order valence-electron chi connectivity index (χ4n) is 1.14. The topological polar surface area (TPSA) is 30.7 Å². The van der Waals surface area contributed by atoms with Crippen LogP contribution in [0.3, 0.4) is 0 Å². The molecule has 0 aliphatic carbocycles. The van der Waals surface area contributed by atoms with Crippen molar-refractivity contribution >= 4 is 0 Å². The number of hydrogen-bond donors (Lipinski definition) is 0. The molecule has 0 bridgehead atoms. The van der Waals surface area contributed by atoms with Gasteiger partial charge in [-0.25, -0.2) is 0 Å². The largest absolute Gasteiger partial charge is 0.252 e. The van der Waals surface area contributed by atoms with Gasteiger partial charge in [-0.1, -0.05) is 73.4 Å². The van der Waals surface area contributed by atoms with Crippen LogP contribution in [0.25, 0.3) is 0 Å². The van der Waals surface area contributed by atoms with Crippen molar-refractivity contribution in [3.63, 3.8) is 0 Å². The second-order valence-corrected chi connectivity index (χ2v) is 3.08. The Morgan fingerprint density at radius 3 is 1.94 bits per heavy atom. The maximum Gasteiger partial charge on any atom is 0.0827 e. The van der Waals surface area contributed by atoms with Crippen LogP contribution in [0.1, 0.15) is 80.3 Å². The van der Waals surface area contributed by atoms with Crippen LogP contribution in [0.4, 0.5) is 0 Å². The average molecular weight is 257 g/mol. The Bertz CT molecular complexity index is 219. The van der Waals surface area contributed by atoms with E-state index >= 15 is 0 Å². The zero-order valence-electron chi connectivity index (χ0n) is 14.0. The minimum absolute atomic E-state index is 1.01.